The molecule has 0 aliphatic rings. The SMILES string of the molecule is c1ccc(-c2cc(-c3cc4c5ccccc5n(-c5nc6ccccc6c6nc7ccccc7n56)c4c4ccccc34)nc(-c3ccccc3)n2)cc1. The molecule has 7 aromatic carbocycles. The Morgan fingerprint density at radius 2 is 0.981 bits per heavy atom. The lowest BCUT2D eigenvalue weighted by Crippen LogP contribution is -2.06. The van der Waals surface area contributed by atoms with Crippen LogP contribution in [0.3, 0.4) is 0 Å². The average molecular weight is 665 g/mol. The van der Waals surface area contributed by atoms with E-state index in [1.807, 2.05) is 36.4 Å². The minimum atomic E-state index is 0.693. The molecule has 0 aliphatic carbocycles. The number of nitrogens with zero attached hydrogens (tertiary/aromatic N) is 6. The zero-order chi connectivity index (χ0) is 34.2. The lowest BCUT2D eigenvalue weighted by molar-refractivity contribution is 0.982. The molecule has 11 aromatic rings. The molecule has 242 valence electrons. The van der Waals surface area contributed by atoms with E-state index in [2.05, 4.69) is 142 Å². The number of para-hydroxylation sites is 4. The van der Waals surface area contributed by atoms with Gasteiger partial charge in [-0.2, -0.15) is 0 Å². The van der Waals surface area contributed by atoms with E-state index in [4.69, 9.17) is 19.9 Å². The van der Waals surface area contributed by atoms with E-state index in [0.29, 0.717) is 5.82 Å². The van der Waals surface area contributed by atoms with Gasteiger partial charge in [0.2, 0.25) is 5.95 Å². The molecule has 6 heteroatoms. The van der Waals surface area contributed by atoms with Gasteiger partial charge in [0.25, 0.3) is 0 Å². The summed E-state index contributed by atoms with van der Waals surface area (Å²) in [5.41, 5.74) is 10.7. The maximum atomic E-state index is 5.41. The third-order valence-electron chi connectivity index (χ3n) is 10.1. The van der Waals surface area contributed by atoms with E-state index in [1.165, 1.54) is 0 Å². The Labute approximate surface area is 297 Å². The fourth-order valence-corrected chi connectivity index (χ4v) is 7.78. The quantitative estimate of drug-likeness (QED) is 0.188. The first-order chi connectivity index (χ1) is 25.8. The Bertz CT molecular complexity index is 3120. The Hall–Kier alpha value is -7.18. The largest absolute Gasteiger partial charge is 0.278 e. The van der Waals surface area contributed by atoms with Crippen LogP contribution in [0.25, 0.3) is 100 Å². The maximum Gasteiger partial charge on any atom is 0.221 e. The van der Waals surface area contributed by atoms with Crippen molar-refractivity contribution in [2.45, 2.75) is 0 Å². The van der Waals surface area contributed by atoms with Crippen LogP contribution < -0.4 is 0 Å². The highest BCUT2D eigenvalue weighted by Crippen LogP contribution is 2.42. The van der Waals surface area contributed by atoms with Gasteiger partial charge in [-0.05, 0) is 47.9 Å². The van der Waals surface area contributed by atoms with Gasteiger partial charge in [0.1, 0.15) is 5.65 Å². The molecule has 4 aromatic heterocycles. The molecule has 0 fully saturated rings. The van der Waals surface area contributed by atoms with E-state index in [1.54, 1.807) is 0 Å². The number of benzene rings is 7. The summed E-state index contributed by atoms with van der Waals surface area (Å²) in [4.78, 5) is 20.9. The zero-order valence-electron chi connectivity index (χ0n) is 27.8. The lowest BCUT2D eigenvalue weighted by Gasteiger charge is -2.15. The van der Waals surface area contributed by atoms with Gasteiger partial charge >= 0.3 is 0 Å². The molecule has 0 unspecified atom stereocenters. The molecule has 0 spiro atoms. The normalized spacial score (nSPS) is 11.8. The summed E-state index contributed by atoms with van der Waals surface area (Å²) in [6.07, 6.45) is 0. The smallest absolute Gasteiger partial charge is 0.221 e. The molecule has 0 N–H and O–H groups in total. The molecule has 4 heterocycles. The average Bonchev–Trinajstić information content (AvgIpc) is 3.78. The van der Waals surface area contributed by atoms with Crippen molar-refractivity contribution in [3.05, 3.63) is 170 Å². The second-order valence-electron chi connectivity index (χ2n) is 13.1. The van der Waals surface area contributed by atoms with Crippen LogP contribution >= 0.6 is 0 Å². The van der Waals surface area contributed by atoms with Crippen LogP contribution in [0.15, 0.2) is 170 Å². The standard InChI is InChI=1S/C46H28N6/c1-3-15-29(16-4-1)39-28-40(48-44(47-39)30-17-5-2-6-18-30)35-27-36-32-20-10-13-25-41(32)51(43(36)33-21-8-7-19-31(33)35)46-50-37-23-11-9-22-34(37)45-49-38-24-12-14-26-42(38)52(45)46/h1-28H. The van der Waals surface area contributed by atoms with Gasteiger partial charge in [-0.1, -0.05) is 127 Å². The second kappa shape index (κ2) is 11.2. The van der Waals surface area contributed by atoms with E-state index in [-0.39, 0.29) is 0 Å². The predicted molar refractivity (Wildman–Crippen MR) is 212 cm³/mol. The zero-order valence-corrected chi connectivity index (χ0v) is 27.8. The van der Waals surface area contributed by atoms with E-state index < -0.39 is 0 Å². The molecule has 0 saturated carbocycles. The van der Waals surface area contributed by atoms with Crippen molar-refractivity contribution in [1.82, 2.24) is 28.9 Å². The second-order valence-corrected chi connectivity index (χ2v) is 13.1. The van der Waals surface area contributed by atoms with Gasteiger partial charge in [-0.15, -0.1) is 0 Å². The summed E-state index contributed by atoms with van der Waals surface area (Å²) in [6, 6.07) is 58.9. The molecule has 0 amide bonds. The van der Waals surface area contributed by atoms with Gasteiger partial charge in [-0.3, -0.25) is 8.97 Å². The molecule has 0 saturated heterocycles. The summed E-state index contributed by atoms with van der Waals surface area (Å²) in [5.74, 6) is 1.49. The molecule has 0 aliphatic heterocycles. The summed E-state index contributed by atoms with van der Waals surface area (Å²) in [7, 11) is 0. The minimum absolute atomic E-state index is 0.693. The molecule has 11 rings (SSSR count). The van der Waals surface area contributed by atoms with Crippen molar-refractivity contribution in [2.24, 2.45) is 0 Å². The highest BCUT2D eigenvalue weighted by molar-refractivity contribution is 6.22. The van der Waals surface area contributed by atoms with Crippen LogP contribution in [0.1, 0.15) is 0 Å². The number of rotatable bonds is 4. The van der Waals surface area contributed by atoms with Crippen LogP contribution in [-0.4, -0.2) is 28.9 Å². The van der Waals surface area contributed by atoms with Crippen molar-refractivity contribution in [3.63, 3.8) is 0 Å². The van der Waals surface area contributed by atoms with Crippen LogP contribution in [0.2, 0.25) is 0 Å². The summed E-state index contributed by atoms with van der Waals surface area (Å²) >= 11 is 0. The summed E-state index contributed by atoms with van der Waals surface area (Å²) in [6.45, 7) is 0. The van der Waals surface area contributed by atoms with Crippen LogP contribution in [0, 0.1) is 0 Å². The first-order valence-electron chi connectivity index (χ1n) is 17.4. The molecule has 52 heavy (non-hydrogen) atoms. The van der Waals surface area contributed by atoms with Crippen molar-refractivity contribution in [3.8, 4) is 39.9 Å². The van der Waals surface area contributed by atoms with Crippen molar-refractivity contribution in [1.29, 1.82) is 0 Å². The molecule has 6 nitrogen and oxygen atoms in total. The third-order valence-corrected chi connectivity index (χ3v) is 10.1. The number of imidazole rings is 1. The Morgan fingerprint density at radius 3 is 1.77 bits per heavy atom. The predicted octanol–water partition coefficient (Wildman–Crippen LogP) is 11.1. The minimum Gasteiger partial charge on any atom is -0.278 e. The Balaban J connectivity index is 1.28. The first kappa shape index (κ1) is 28.6. The molecular weight excluding hydrogens is 637 g/mol. The highest BCUT2D eigenvalue weighted by Gasteiger charge is 2.23. The molecule has 0 atom stereocenters. The highest BCUT2D eigenvalue weighted by atomic mass is 15.2. The molecule has 0 bridgehead atoms. The van der Waals surface area contributed by atoms with Gasteiger partial charge in [0.05, 0.1) is 39.0 Å². The van der Waals surface area contributed by atoms with E-state index >= 15 is 0 Å². The first-order valence-corrected chi connectivity index (χ1v) is 17.4. The van der Waals surface area contributed by atoms with Crippen molar-refractivity contribution in [2.75, 3.05) is 0 Å². The number of aromatic nitrogens is 6. The topological polar surface area (TPSA) is 60.9 Å². The van der Waals surface area contributed by atoms with E-state index in [9.17, 15) is 0 Å². The van der Waals surface area contributed by atoms with Crippen molar-refractivity contribution >= 4 is 60.2 Å². The molecule has 0 radical (unpaired) electrons. The maximum absolute atomic E-state index is 5.41. The Kier molecular flexibility index (Phi) is 6.15. The van der Waals surface area contributed by atoms with Gasteiger partial charge in [0, 0.05) is 38.2 Å². The van der Waals surface area contributed by atoms with Gasteiger partial charge < -0.3 is 0 Å². The van der Waals surface area contributed by atoms with Crippen LogP contribution in [0.4, 0.5) is 0 Å². The number of hydrogen-bond donors (Lipinski definition) is 0. The fourth-order valence-electron chi connectivity index (χ4n) is 7.78. The summed E-state index contributed by atoms with van der Waals surface area (Å²) in [5, 5.41) is 5.49. The van der Waals surface area contributed by atoms with Gasteiger partial charge in [-0.25, -0.2) is 19.9 Å². The van der Waals surface area contributed by atoms with Crippen LogP contribution in [0.5, 0.6) is 0 Å². The monoisotopic (exact) mass is 664 g/mol. The van der Waals surface area contributed by atoms with Crippen molar-refractivity contribution < 1.29 is 0 Å². The van der Waals surface area contributed by atoms with Crippen LogP contribution in [-0.2, 0) is 0 Å². The van der Waals surface area contributed by atoms with Gasteiger partial charge in [0.15, 0.2) is 5.82 Å². The fraction of sp³-hybridized carbons (Fsp3) is 0. The number of hydrogen-bond acceptors (Lipinski definition) is 4. The third kappa shape index (κ3) is 4.25. The van der Waals surface area contributed by atoms with E-state index in [0.717, 1.165) is 94.2 Å². The number of fused-ring (bicyclic) bond motifs is 10. The molecular formula is C46H28N6. The lowest BCUT2D eigenvalue weighted by atomic mass is 9.97. The Morgan fingerprint density at radius 1 is 0.385 bits per heavy atom. The summed E-state index contributed by atoms with van der Waals surface area (Å²) < 4.78 is 4.55.